The van der Waals surface area contributed by atoms with E-state index in [1.807, 2.05) is 40.1 Å². The maximum atomic E-state index is 12.9. The Morgan fingerprint density at radius 2 is 1.86 bits per heavy atom. The van der Waals surface area contributed by atoms with Crippen LogP contribution in [0.5, 0.6) is 0 Å². The number of carbonyl (C=O) groups is 2. The summed E-state index contributed by atoms with van der Waals surface area (Å²) in [5.41, 5.74) is 0.527. The van der Waals surface area contributed by atoms with Gasteiger partial charge in [-0.1, -0.05) is 18.2 Å². The number of piperidine rings is 2. The molecule has 3 rings (SSSR count). The van der Waals surface area contributed by atoms with Crippen LogP contribution in [-0.2, 0) is 4.79 Å². The maximum absolute atomic E-state index is 12.9. The summed E-state index contributed by atoms with van der Waals surface area (Å²) < 4.78 is 0. The van der Waals surface area contributed by atoms with Crippen molar-refractivity contribution in [3.8, 4) is 0 Å². The second-order valence-electron chi connectivity index (χ2n) is 6.65. The molecule has 0 spiro atoms. The average molecular weight is 300 g/mol. The molecule has 2 fully saturated rings. The highest BCUT2D eigenvalue weighted by Crippen LogP contribution is 2.39. The van der Waals surface area contributed by atoms with Crippen molar-refractivity contribution < 1.29 is 9.59 Å². The first kappa shape index (κ1) is 15.1. The van der Waals surface area contributed by atoms with Crippen molar-refractivity contribution in [2.45, 2.75) is 51.1 Å². The van der Waals surface area contributed by atoms with E-state index in [9.17, 15) is 9.59 Å². The summed E-state index contributed by atoms with van der Waals surface area (Å²) in [5, 5.41) is 0. The molecule has 4 heteroatoms. The number of rotatable bonds is 1. The minimum atomic E-state index is -0.216. The van der Waals surface area contributed by atoms with Gasteiger partial charge in [-0.3, -0.25) is 9.59 Å². The summed E-state index contributed by atoms with van der Waals surface area (Å²) in [6, 6.07) is 9.61. The fourth-order valence-electron chi connectivity index (χ4n) is 4.25. The zero-order valence-electron chi connectivity index (χ0n) is 13.4. The van der Waals surface area contributed by atoms with Gasteiger partial charge in [-0.25, -0.2) is 0 Å². The van der Waals surface area contributed by atoms with E-state index in [1.54, 1.807) is 6.92 Å². The number of hydrogen-bond donors (Lipinski definition) is 0. The standard InChI is InChI=1S/C18H24N2O2/c1-14(21)20-13-6-10-16-18(20,2)11-7-12-19(16)17(22)15-8-4-3-5-9-15/h3-5,8-9,16H,6-7,10-13H2,1-2H3/t16-,18+/m1/s1. The number of likely N-dealkylation sites (tertiary alicyclic amines) is 2. The summed E-state index contributed by atoms with van der Waals surface area (Å²) in [4.78, 5) is 28.9. The lowest BCUT2D eigenvalue weighted by atomic mass is 9.76. The number of fused-ring (bicyclic) bond motifs is 1. The molecular weight excluding hydrogens is 276 g/mol. The van der Waals surface area contributed by atoms with E-state index in [-0.39, 0.29) is 23.4 Å². The van der Waals surface area contributed by atoms with Crippen molar-refractivity contribution in [2.24, 2.45) is 0 Å². The van der Waals surface area contributed by atoms with Crippen molar-refractivity contribution in [1.82, 2.24) is 9.80 Å². The van der Waals surface area contributed by atoms with E-state index in [1.165, 1.54) is 0 Å². The average Bonchev–Trinajstić information content (AvgIpc) is 2.53. The molecule has 0 bridgehead atoms. The van der Waals surface area contributed by atoms with Crippen molar-refractivity contribution >= 4 is 11.8 Å². The van der Waals surface area contributed by atoms with Crippen LogP contribution >= 0.6 is 0 Å². The summed E-state index contributed by atoms with van der Waals surface area (Å²) >= 11 is 0. The maximum Gasteiger partial charge on any atom is 0.254 e. The predicted octanol–water partition coefficient (Wildman–Crippen LogP) is 2.69. The highest BCUT2D eigenvalue weighted by Gasteiger charge is 2.49. The molecule has 1 aromatic rings. The van der Waals surface area contributed by atoms with Gasteiger partial charge in [0.05, 0.1) is 11.6 Å². The molecule has 2 atom stereocenters. The molecule has 2 amide bonds. The fraction of sp³-hybridized carbons (Fsp3) is 0.556. The van der Waals surface area contributed by atoms with Crippen LogP contribution in [0.15, 0.2) is 30.3 Å². The topological polar surface area (TPSA) is 40.6 Å². The minimum Gasteiger partial charge on any atom is -0.335 e. The lowest BCUT2D eigenvalue weighted by Gasteiger charge is -2.56. The van der Waals surface area contributed by atoms with Crippen LogP contribution in [0, 0.1) is 0 Å². The summed E-state index contributed by atoms with van der Waals surface area (Å²) in [6.07, 6.45) is 3.89. The van der Waals surface area contributed by atoms with Gasteiger partial charge in [0.2, 0.25) is 5.91 Å². The van der Waals surface area contributed by atoms with Crippen LogP contribution in [0.1, 0.15) is 49.9 Å². The SMILES string of the molecule is CC(=O)N1CCC[C@H]2N(C(=O)c3ccccc3)CCC[C@@]21C. The molecule has 2 aliphatic rings. The van der Waals surface area contributed by atoms with Gasteiger partial charge in [0, 0.05) is 25.6 Å². The number of hydrogen-bond acceptors (Lipinski definition) is 2. The quantitative estimate of drug-likeness (QED) is 0.800. The molecule has 2 saturated heterocycles. The molecule has 0 N–H and O–H groups in total. The van der Waals surface area contributed by atoms with Gasteiger partial charge in [0.15, 0.2) is 0 Å². The van der Waals surface area contributed by atoms with E-state index >= 15 is 0 Å². The summed E-state index contributed by atoms with van der Waals surface area (Å²) in [7, 11) is 0. The Kier molecular flexibility index (Phi) is 3.94. The van der Waals surface area contributed by atoms with Gasteiger partial charge >= 0.3 is 0 Å². The fourth-order valence-corrected chi connectivity index (χ4v) is 4.25. The van der Waals surface area contributed by atoms with E-state index < -0.39 is 0 Å². The zero-order valence-corrected chi connectivity index (χ0v) is 13.4. The van der Waals surface area contributed by atoms with Gasteiger partial charge in [-0.15, -0.1) is 0 Å². The second-order valence-corrected chi connectivity index (χ2v) is 6.65. The summed E-state index contributed by atoms with van der Waals surface area (Å²) in [6.45, 7) is 5.41. The van der Waals surface area contributed by atoms with Crippen LogP contribution in [0.2, 0.25) is 0 Å². The van der Waals surface area contributed by atoms with Crippen molar-refractivity contribution in [3.63, 3.8) is 0 Å². The third-order valence-electron chi connectivity index (χ3n) is 5.31. The number of benzene rings is 1. The molecule has 2 aliphatic heterocycles. The molecule has 0 unspecified atom stereocenters. The lowest BCUT2D eigenvalue weighted by molar-refractivity contribution is -0.143. The first-order chi connectivity index (χ1) is 10.5. The normalized spacial score (nSPS) is 28.2. The Bertz CT molecular complexity index is 572. The molecule has 118 valence electrons. The molecule has 22 heavy (non-hydrogen) atoms. The van der Waals surface area contributed by atoms with Gasteiger partial charge in [-0.2, -0.15) is 0 Å². The molecular formula is C18H24N2O2. The highest BCUT2D eigenvalue weighted by atomic mass is 16.2. The van der Waals surface area contributed by atoms with Gasteiger partial charge in [-0.05, 0) is 44.7 Å². The van der Waals surface area contributed by atoms with Gasteiger partial charge in [0.1, 0.15) is 0 Å². The minimum absolute atomic E-state index is 0.0990. The molecule has 0 saturated carbocycles. The molecule has 0 radical (unpaired) electrons. The lowest BCUT2D eigenvalue weighted by Crippen LogP contribution is -2.67. The summed E-state index contributed by atoms with van der Waals surface area (Å²) in [5.74, 6) is 0.225. The van der Waals surface area contributed by atoms with Crippen LogP contribution < -0.4 is 0 Å². The molecule has 2 heterocycles. The molecule has 0 aliphatic carbocycles. The Hall–Kier alpha value is -1.84. The van der Waals surface area contributed by atoms with Crippen molar-refractivity contribution in [1.29, 1.82) is 0 Å². The monoisotopic (exact) mass is 300 g/mol. The van der Waals surface area contributed by atoms with Crippen LogP contribution in [0.3, 0.4) is 0 Å². The second kappa shape index (κ2) is 5.75. The highest BCUT2D eigenvalue weighted by molar-refractivity contribution is 5.94. The Labute approximate surface area is 132 Å². The van der Waals surface area contributed by atoms with Gasteiger partial charge in [0.25, 0.3) is 5.91 Å². The van der Waals surface area contributed by atoms with Crippen LogP contribution in [0.25, 0.3) is 0 Å². The number of nitrogens with zero attached hydrogens (tertiary/aromatic N) is 2. The molecule has 0 aromatic heterocycles. The van der Waals surface area contributed by atoms with Gasteiger partial charge < -0.3 is 9.80 Å². The number of carbonyl (C=O) groups excluding carboxylic acids is 2. The Morgan fingerprint density at radius 3 is 2.55 bits per heavy atom. The van der Waals surface area contributed by atoms with Crippen molar-refractivity contribution in [3.05, 3.63) is 35.9 Å². The first-order valence-corrected chi connectivity index (χ1v) is 8.18. The van der Waals surface area contributed by atoms with Crippen molar-refractivity contribution in [2.75, 3.05) is 13.1 Å². The zero-order chi connectivity index (χ0) is 15.7. The van der Waals surface area contributed by atoms with Crippen LogP contribution in [-0.4, -0.2) is 46.3 Å². The third kappa shape index (κ3) is 2.40. The Balaban J connectivity index is 1.90. The number of amides is 2. The molecule has 4 nitrogen and oxygen atoms in total. The largest absolute Gasteiger partial charge is 0.335 e. The molecule has 1 aromatic carbocycles. The van der Waals surface area contributed by atoms with E-state index in [4.69, 9.17) is 0 Å². The third-order valence-corrected chi connectivity index (χ3v) is 5.31. The van der Waals surface area contributed by atoms with E-state index in [0.717, 1.165) is 44.3 Å². The Morgan fingerprint density at radius 1 is 1.14 bits per heavy atom. The first-order valence-electron chi connectivity index (χ1n) is 8.18. The smallest absolute Gasteiger partial charge is 0.254 e. The predicted molar refractivity (Wildman–Crippen MR) is 85.5 cm³/mol. The van der Waals surface area contributed by atoms with E-state index in [2.05, 4.69) is 6.92 Å². The van der Waals surface area contributed by atoms with Crippen LogP contribution in [0.4, 0.5) is 0 Å². The van der Waals surface area contributed by atoms with E-state index in [0.29, 0.717) is 0 Å².